The Labute approximate surface area is 106 Å². The smallest absolute Gasteiger partial charge is 0.358 e. The number of nitrogens with one attached hydrogen (secondary N) is 1. The molecular formula is C12H17N3O3. The minimum absolute atomic E-state index is 0.215. The molecule has 6 nitrogen and oxygen atoms in total. The Hall–Kier alpha value is -1.69. The van der Waals surface area contributed by atoms with Crippen LogP contribution < -0.4 is 5.32 Å². The van der Waals surface area contributed by atoms with E-state index in [0.717, 1.165) is 32.6 Å². The third-order valence-electron chi connectivity index (χ3n) is 2.93. The van der Waals surface area contributed by atoms with Gasteiger partial charge in [-0.1, -0.05) is 0 Å². The van der Waals surface area contributed by atoms with Crippen LogP contribution in [0.25, 0.3) is 0 Å². The van der Waals surface area contributed by atoms with Crippen LogP contribution in [0.4, 0.5) is 5.82 Å². The van der Waals surface area contributed by atoms with Crippen molar-refractivity contribution in [2.24, 2.45) is 5.92 Å². The fraction of sp³-hybridized carbons (Fsp3) is 0.583. The summed E-state index contributed by atoms with van der Waals surface area (Å²) in [6.07, 6.45) is 5.14. The molecule has 1 aliphatic rings. The second-order valence-electron chi connectivity index (χ2n) is 4.22. The molecule has 1 atom stereocenters. The molecule has 18 heavy (non-hydrogen) atoms. The maximum atomic E-state index is 11.2. The first-order valence-corrected chi connectivity index (χ1v) is 6.01. The monoisotopic (exact) mass is 251 g/mol. The first kappa shape index (κ1) is 12.8. The second kappa shape index (κ2) is 6.30. The Morgan fingerprint density at radius 3 is 3.06 bits per heavy atom. The average molecular weight is 251 g/mol. The predicted molar refractivity (Wildman–Crippen MR) is 65.4 cm³/mol. The number of aromatic nitrogens is 2. The van der Waals surface area contributed by atoms with Gasteiger partial charge in [0.25, 0.3) is 0 Å². The summed E-state index contributed by atoms with van der Waals surface area (Å²) < 4.78 is 9.86. The standard InChI is InChI=1S/C12H17N3O3/c1-17-12(16)10-6-15-11(7-14-10)13-4-2-9-3-5-18-8-9/h6-7,9H,2-5,8H2,1H3,(H,13,15). The van der Waals surface area contributed by atoms with Crippen molar-refractivity contribution in [3.05, 3.63) is 18.1 Å². The fourth-order valence-corrected chi connectivity index (χ4v) is 1.84. The van der Waals surface area contributed by atoms with E-state index in [1.807, 2.05) is 0 Å². The van der Waals surface area contributed by atoms with Gasteiger partial charge in [0, 0.05) is 19.8 Å². The van der Waals surface area contributed by atoms with Crippen LogP contribution in [0.2, 0.25) is 0 Å². The zero-order chi connectivity index (χ0) is 12.8. The van der Waals surface area contributed by atoms with E-state index in [1.165, 1.54) is 19.5 Å². The Kier molecular flexibility index (Phi) is 4.46. The molecule has 0 radical (unpaired) electrons. The highest BCUT2D eigenvalue weighted by Crippen LogP contribution is 2.16. The van der Waals surface area contributed by atoms with Gasteiger partial charge in [0.15, 0.2) is 5.69 Å². The van der Waals surface area contributed by atoms with E-state index in [-0.39, 0.29) is 5.69 Å². The summed E-state index contributed by atoms with van der Waals surface area (Å²) in [6.45, 7) is 2.56. The van der Waals surface area contributed by atoms with Gasteiger partial charge in [0.2, 0.25) is 0 Å². The summed E-state index contributed by atoms with van der Waals surface area (Å²) in [6, 6.07) is 0. The number of nitrogens with zero attached hydrogens (tertiary/aromatic N) is 2. The van der Waals surface area contributed by atoms with E-state index in [0.29, 0.717) is 11.7 Å². The number of hydrogen-bond donors (Lipinski definition) is 1. The first-order valence-electron chi connectivity index (χ1n) is 6.01. The van der Waals surface area contributed by atoms with Crippen LogP contribution in [-0.2, 0) is 9.47 Å². The molecular weight excluding hydrogens is 234 g/mol. The first-order chi connectivity index (χ1) is 8.79. The number of ether oxygens (including phenoxy) is 2. The van der Waals surface area contributed by atoms with E-state index >= 15 is 0 Å². The number of anilines is 1. The van der Waals surface area contributed by atoms with Crippen LogP contribution in [-0.4, -0.2) is 42.8 Å². The Balaban J connectivity index is 1.77. The van der Waals surface area contributed by atoms with Gasteiger partial charge in [-0.3, -0.25) is 0 Å². The molecule has 0 aromatic carbocycles. The van der Waals surface area contributed by atoms with Crippen molar-refractivity contribution in [1.29, 1.82) is 0 Å². The maximum Gasteiger partial charge on any atom is 0.358 e. The summed E-state index contributed by atoms with van der Waals surface area (Å²) in [5, 5.41) is 3.17. The predicted octanol–water partition coefficient (Wildman–Crippen LogP) is 1.10. The minimum atomic E-state index is -0.475. The van der Waals surface area contributed by atoms with Gasteiger partial charge in [-0.25, -0.2) is 14.8 Å². The highest BCUT2D eigenvalue weighted by Gasteiger charge is 2.14. The number of rotatable bonds is 5. The zero-order valence-corrected chi connectivity index (χ0v) is 10.4. The largest absolute Gasteiger partial charge is 0.464 e. The van der Waals surface area contributed by atoms with E-state index in [9.17, 15) is 4.79 Å². The zero-order valence-electron chi connectivity index (χ0n) is 10.4. The third kappa shape index (κ3) is 3.40. The molecule has 0 saturated carbocycles. The summed E-state index contributed by atoms with van der Waals surface area (Å²) >= 11 is 0. The van der Waals surface area contributed by atoms with Crippen molar-refractivity contribution >= 4 is 11.8 Å². The maximum absolute atomic E-state index is 11.2. The molecule has 0 aliphatic carbocycles. The van der Waals surface area contributed by atoms with Gasteiger partial charge in [-0.15, -0.1) is 0 Å². The van der Waals surface area contributed by atoms with Crippen LogP contribution in [0.3, 0.4) is 0 Å². The SMILES string of the molecule is COC(=O)c1cnc(NCCC2CCOC2)cn1. The quantitative estimate of drug-likeness (QED) is 0.790. The van der Waals surface area contributed by atoms with Crippen molar-refractivity contribution in [3.8, 4) is 0 Å². The lowest BCUT2D eigenvalue weighted by atomic mass is 10.1. The molecule has 98 valence electrons. The topological polar surface area (TPSA) is 73.3 Å². The van der Waals surface area contributed by atoms with Gasteiger partial charge >= 0.3 is 5.97 Å². The van der Waals surface area contributed by atoms with Crippen molar-refractivity contribution in [3.63, 3.8) is 0 Å². The van der Waals surface area contributed by atoms with E-state index in [2.05, 4.69) is 20.0 Å². The highest BCUT2D eigenvalue weighted by molar-refractivity contribution is 5.86. The number of carbonyl (C=O) groups is 1. The summed E-state index contributed by atoms with van der Waals surface area (Å²) in [7, 11) is 1.32. The lowest BCUT2D eigenvalue weighted by Gasteiger charge is -2.08. The molecule has 2 rings (SSSR count). The molecule has 1 fully saturated rings. The molecule has 0 amide bonds. The normalized spacial score (nSPS) is 18.6. The van der Waals surface area contributed by atoms with Crippen LogP contribution in [0.1, 0.15) is 23.3 Å². The number of esters is 1. The Morgan fingerprint density at radius 1 is 1.56 bits per heavy atom. The third-order valence-corrected chi connectivity index (χ3v) is 2.93. The van der Waals surface area contributed by atoms with E-state index in [1.54, 1.807) is 0 Å². The van der Waals surface area contributed by atoms with Gasteiger partial charge < -0.3 is 14.8 Å². The molecule has 1 saturated heterocycles. The second-order valence-corrected chi connectivity index (χ2v) is 4.22. The number of methoxy groups -OCH3 is 1. The van der Waals surface area contributed by atoms with Crippen LogP contribution in [0.5, 0.6) is 0 Å². The number of hydrogen-bond acceptors (Lipinski definition) is 6. The van der Waals surface area contributed by atoms with Crippen LogP contribution in [0.15, 0.2) is 12.4 Å². The highest BCUT2D eigenvalue weighted by atomic mass is 16.5. The molecule has 6 heteroatoms. The summed E-state index contributed by atoms with van der Waals surface area (Å²) in [4.78, 5) is 19.2. The Bertz CT molecular complexity index is 388. The van der Waals surface area contributed by atoms with Gasteiger partial charge in [-0.2, -0.15) is 0 Å². The van der Waals surface area contributed by atoms with Crippen molar-refractivity contribution in [1.82, 2.24) is 9.97 Å². The van der Waals surface area contributed by atoms with Crippen molar-refractivity contribution < 1.29 is 14.3 Å². The van der Waals surface area contributed by atoms with E-state index < -0.39 is 5.97 Å². The summed E-state index contributed by atoms with van der Waals surface area (Å²) in [5.74, 6) is 0.832. The molecule has 2 heterocycles. The van der Waals surface area contributed by atoms with Crippen LogP contribution in [0, 0.1) is 5.92 Å². The van der Waals surface area contributed by atoms with Crippen LogP contribution >= 0.6 is 0 Å². The van der Waals surface area contributed by atoms with Gasteiger partial charge in [0.05, 0.1) is 19.5 Å². The Morgan fingerprint density at radius 2 is 2.44 bits per heavy atom. The average Bonchev–Trinajstić information content (AvgIpc) is 2.92. The molecule has 0 spiro atoms. The molecule has 1 N–H and O–H groups in total. The van der Waals surface area contributed by atoms with Crippen molar-refractivity contribution in [2.45, 2.75) is 12.8 Å². The molecule has 0 bridgehead atoms. The van der Waals surface area contributed by atoms with Crippen molar-refractivity contribution in [2.75, 3.05) is 32.2 Å². The fourth-order valence-electron chi connectivity index (χ4n) is 1.84. The van der Waals surface area contributed by atoms with Gasteiger partial charge in [-0.05, 0) is 18.8 Å². The molecule has 1 aliphatic heterocycles. The summed E-state index contributed by atoms with van der Waals surface area (Å²) in [5.41, 5.74) is 0.215. The molecule has 1 aromatic rings. The molecule has 1 unspecified atom stereocenters. The lowest BCUT2D eigenvalue weighted by molar-refractivity contribution is 0.0593. The minimum Gasteiger partial charge on any atom is -0.464 e. The number of carbonyl (C=O) groups excluding carboxylic acids is 1. The van der Waals surface area contributed by atoms with E-state index in [4.69, 9.17) is 4.74 Å². The lowest BCUT2D eigenvalue weighted by Crippen LogP contribution is -2.11. The van der Waals surface area contributed by atoms with Gasteiger partial charge in [0.1, 0.15) is 5.82 Å². The molecule has 1 aromatic heterocycles.